The molecule has 1 aromatic carbocycles. The van der Waals surface area contributed by atoms with Crippen LogP contribution in [0.5, 0.6) is 0 Å². The molecule has 0 aromatic heterocycles. The van der Waals surface area contributed by atoms with E-state index in [1.165, 1.54) is 11.0 Å². The largest absolute Gasteiger partial charge is 0.401 e. The van der Waals surface area contributed by atoms with Crippen molar-refractivity contribution in [3.8, 4) is 0 Å². The molecule has 8 nitrogen and oxygen atoms in total. The van der Waals surface area contributed by atoms with Gasteiger partial charge in [-0.05, 0) is 25.0 Å². The average molecular weight is 382 g/mol. The molecule has 3 N–H and O–H groups in total. The molecule has 0 saturated carbocycles. The number of nitro groups is 1. The van der Waals surface area contributed by atoms with E-state index < -0.39 is 33.4 Å². The van der Waals surface area contributed by atoms with Crippen molar-refractivity contribution in [1.82, 2.24) is 4.90 Å². The Morgan fingerprint density at radius 2 is 1.92 bits per heavy atom. The molecule has 0 atom stereocenters. The first kappa shape index (κ1) is 19.4. The number of nitrogens with one attached hydrogen (secondary N) is 1. The summed E-state index contributed by atoms with van der Waals surface area (Å²) >= 11 is 0. The molecule has 0 bridgehead atoms. The third kappa shape index (κ3) is 5.54. The summed E-state index contributed by atoms with van der Waals surface area (Å²) in [5.41, 5.74) is -0.351. The van der Waals surface area contributed by atoms with E-state index in [-0.39, 0.29) is 29.7 Å². The molecule has 2 rings (SSSR count). The molecule has 12 heteroatoms. The first-order chi connectivity index (χ1) is 11.5. The molecule has 1 aliphatic heterocycles. The summed E-state index contributed by atoms with van der Waals surface area (Å²) in [6, 6.07) is 2.99. The minimum atomic E-state index is -4.26. The Hall–Kier alpha value is -1.92. The number of nitrogens with two attached hydrogens (primary N) is 1. The molecule has 1 saturated heterocycles. The first-order valence-electron chi connectivity index (χ1n) is 7.32. The number of alkyl halides is 3. The van der Waals surface area contributed by atoms with Crippen LogP contribution in [0.25, 0.3) is 0 Å². The highest BCUT2D eigenvalue weighted by Gasteiger charge is 2.32. The zero-order valence-electron chi connectivity index (χ0n) is 13.0. The van der Waals surface area contributed by atoms with E-state index in [0.717, 1.165) is 12.1 Å². The van der Waals surface area contributed by atoms with Crippen molar-refractivity contribution in [1.29, 1.82) is 0 Å². The van der Waals surface area contributed by atoms with Crippen LogP contribution >= 0.6 is 0 Å². The van der Waals surface area contributed by atoms with Crippen LogP contribution in [0.3, 0.4) is 0 Å². The summed E-state index contributed by atoms with van der Waals surface area (Å²) in [6.45, 7) is -0.566. The Bertz CT molecular complexity index is 746. The third-order valence-electron chi connectivity index (χ3n) is 3.84. The maximum absolute atomic E-state index is 12.4. The zero-order valence-corrected chi connectivity index (χ0v) is 13.8. The van der Waals surface area contributed by atoms with E-state index in [4.69, 9.17) is 5.14 Å². The van der Waals surface area contributed by atoms with Crippen molar-refractivity contribution in [2.24, 2.45) is 5.14 Å². The number of sulfonamides is 1. The third-order valence-corrected chi connectivity index (χ3v) is 4.76. The highest BCUT2D eigenvalue weighted by molar-refractivity contribution is 7.89. The standard InChI is InChI=1S/C13H17F3N4O4S/c14-13(15,16)8-19-5-3-9(4-6-19)18-11-2-1-10(25(17,23)24)7-12(11)20(21)22/h1-2,7,9,18H,3-6,8H2,(H2,17,23,24). The topological polar surface area (TPSA) is 119 Å². The lowest BCUT2D eigenvalue weighted by molar-refractivity contribution is -0.384. The summed E-state index contributed by atoms with van der Waals surface area (Å²) < 4.78 is 59.7. The van der Waals surface area contributed by atoms with Crippen molar-refractivity contribution in [2.75, 3.05) is 25.0 Å². The van der Waals surface area contributed by atoms with Gasteiger partial charge in [0.05, 0.1) is 16.4 Å². The normalized spacial score (nSPS) is 17.4. The number of anilines is 1. The fraction of sp³-hybridized carbons (Fsp3) is 0.538. The van der Waals surface area contributed by atoms with Gasteiger partial charge in [-0.3, -0.25) is 15.0 Å². The zero-order chi connectivity index (χ0) is 18.8. The number of likely N-dealkylation sites (tertiary alicyclic amines) is 1. The summed E-state index contributed by atoms with van der Waals surface area (Å²) in [7, 11) is -4.08. The van der Waals surface area contributed by atoms with Gasteiger partial charge in [0.25, 0.3) is 5.69 Å². The van der Waals surface area contributed by atoms with Gasteiger partial charge in [-0.1, -0.05) is 0 Å². The quantitative estimate of drug-likeness (QED) is 0.591. The molecular formula is C13H17F3N4O4S. The Morgan fingerprint density at radius 3 is 2.40 bits per heavy atom. The van der Waals surface area contributed by atoms with Gasteiger partial charge in [0.15, 0.2) is 0 Å². The first-order valence-corrected chi connectivity index (χ1v) is 8.87. The number of hydrogen-bond acceptors (Lipinski definition) is 6. The molecule has 140 valence electrons. The fourth-order valence-corrected chi connectivity index (χ4v) is 3.20. The molecular weight excluding hydrogens is 365 g/mol. The second kappa shape index (κ2) is 7.14. The second-order valence-electron chi connectivity index (χ2n) is 5.79. The molecule has 1 heterocycles. The predicted octanol–water partition coefficient (Wildman–Crippen LogP) is 1.68. The molecule has 0 spiro atoms. The number of benzene rings is 1. The summed E-state index contributed by atoms with van der Waals surface area (Å²) in [4.78, 5) is 11.3. The van der Waals surface area contributed by atoms with Crippen molar-refractivity contribution in [3.63, 3.8) is 0 Å². The molecule has 25 heavy (non-hydrogen) atoms. The van der Waals surface area contributed by atoms with Crippen molar-refractivity contribution in [2.45, 2.75) is 30.0 Å². The van der Waals surface area contributed by atoms with Gasteiger partial charge < -0.3 is 5.32 Å². The van der Waals surface area contributed by atoms with Crippen LogP contribution in [0.15, 0.2) is 23.1 Å². The molecule has 0 aliphatic carbocycles. The molecule has 0 unspecified atom stereocenters. The van der Waals surface area contributed by atoms with Gasteiger partial charge >= 0.3 is 6.18 Å². The van der Waals surface area contributed by atoms with Gasteiger partial charge in [-0.25, -0.2) is 13.6 Å². The molecule has 0 amide bonds. The van der Waals surface area contributed by atoms with Gasteiger partial charge in [-0.2, -0.15) is 13.2 Å². The van der Waals surface area contributed by atoms with E-state index in [2.05, 4.69) is 5.32 Å². The number of hydrogen-bond donors (Lipinski definition) is 2. The predicted molar refractivity (Wildman–Crippen MR) is 83.6 cm³/mol. The van der Waals surface area contributed by atoms with Crippen LogP contribution in [0.4, 0.5) is 24.5 Å². The summed E-state index contributed by atoms with van der Waals surface area (Å²) in [5.74, 6) is 0. The minimum absolute atomic E-state index is 0.103. The number of nitrogens with zero attached hydrogens (tertiary/aromatic N) is 2. The van der Waals surface area contributed by atoms with Crippen LogP contribution in [0, 0.1) is 10.1 Å². The molecule has 1 aliphatic rings. The number of primary sulfonamides is 1. The average Bonchev–Trinajstić information content (AvgIpc) is 2.47. The van der Waals surface area contributed by atoms with E-state index in [9.17, 15) is 31.7 Å². The molecule has 1 fully saturated rings. The van der Waals surface area contributed by atoms with Crippen molar-refractivity contribution >= 4 is 21.4 Å². The Morgan fingerprint density at radius 1 is 1.32 bits per heavy atom. The van der Waals surface area contributed by atoms with E-state index in [0.29, 0.717) is 12.8 Å². The summed E-state index contributed by atoms with van der Waals surface area (Å²) in [5, 5.41) is 19.0. The van der Waals surface area contributed by atoms with Crippen LogP contribution in [-0.4, -0.2) is 50.1 Å². The minimum Gasteiger partial charge on any atom is -0.377 e. The summed E-state index contributed by atoms with van der Waals surface area (Å²) in [6.07, 6.45) is -3.50. The van der Waals surface area contributed by atoms with Crippen LogP contribution in [0.1, 0.15) is 12.8 Å². The molecule has 0 radical (unpaired) electrons. The van der Waals surface area contributed by atoms with Gasteiger partial charge in [-0.15, -0.1) is 0 Å². The lowest BCUT2D eigenvalue weighted by Crippen LogP contribution is -2.43. The lowest BCUT2D eigenvalue weighted by atomic mass is 10.0. The van der Waals surface area contributed by atoms with Crippen molar-refractivity contribution in [3.05, 3.63) is 28.3 Å². The van der Waals surface area contributed by atoms with Crippen LogP contribution < -0.4 is 10.5 Å². The number of rotatable bonds is 5. The Labute approximate surface area is 142 Å². The van der Waals surface area contributed by atoms with Crippen LogP contribution in [0.2, 0.25) is 0 Å². The van der Waals surface area contributed by atoms with Crippen molar-refractivity contribution < 1.29 is 26.5 Å². The maximum Gasteiger partial charge on any atom is 0.401 e. The fourth-order valence-electron chi connectivity index (χ4n) is 2.67. The Kier molecular flexibility index (Phi) is 5.54. The van der Waals surface area contributed by atoms with Gasteiger partial charge in [0.2, 0.25) is 10.0 Å². The highest BCUT2D eigenvalue weighted by Crippen LogP contribution is 2.29. The van der Waals surface area contributed by atoms with Gasteiger partial charge in [0.1, 0.15) is 5.69 Å². The number of halogens is 3. The number of piperidine rings is 1. The monoisotopic (exact) mass is 382 g/mol. The SMILES string of the molecule is NS(=O)(=O)c1ccc(NC2CCN(CC(F)(F)F)CC2)c([N+](=O)[O-])c1. The van der Waals surface area contributed by atoms with E-state index in [1.54, 1.807) is 0 Å². The second-order valence-corrected chi connectivity index (χ2v) is 7.35. The highest BCUT2D eigenvalue weighted by atomic mass is 32.2. The molecule has 1 aromatic rings. The smallest absolute Gasteiger partial charge is 0.377 e. The van der Waals surface area contributed by atoms with Gasteiger partial charge in [0, 0.05) is 25.2 Å². The lowest BCUT2D eigenvalue weighted by Gasteiger charge is -2.33. The number of nitro benzene ring substituents is 1. The van der Waals surface area contributed by atoms with Crippen LogP contribution in [-0.2, 0) is 10.0 Å². The van der Waals surface area contributed by atoms with E-state index >= 15 is 0 Å². The Balaban J connectivity index is 2.07. The maximum atomic E-state index is 12.4. The van der Waals surface area contributed by atoms with E-state index in [1.807, 2.05) is 0 Å².